The molecule has 1 aromatic heterocycles. The summed E-state index contributed by atoms with van der Waals surface area (Å²) in [5.41, 5.74) is 2.82. The van der Waals surface area contributed by atoms with Crippen molar-refractivity contribution in [3.63, 3.8) is 0 Å². The van der Waals surface area contributed by atoms with Crippen molar-refractivity contribution in [2.45, 2.75) is 19.3 Å². The number of thiophene rings is 1. The lowest BCUT2D eigenvalue weighted by molar-refractivity contribution is 0.103. The van der Waals surface area contributed by atoms with Gasteiger partial charge in [0.05, 0.1) is 4.88 Å². The molecule has 21 heavy (non-hydrogen) atoms. The van der Waals surface area contributed by atoms with Crippen molar-refractivity contribution in [1.82, 2.24) is 0 Å². The molecule has 0 saturated heterocycles. The molecule has 0 bridgehead atoms. The second-order valence-corrected chi connectivity index (χ2v) is 6.04. The standard InChI is InChI=1S/C17H15NO2S/c19-9-3-5-12-4-1-7-14(10-12)18-17(20)16-11-13-6-2-8-15(13)21-16/h1,4,7,10-11,19H,2,6,8-9H2,(H,18,20). The van der Waals surface area contributed by atoms with Crippen LogP contribution in [0.25, 0.3) is 0 Å². The lowest BCUT2D eigenvalue weighted by atomic mass is 10.2. The molecule has 2 aromatic rings. The van der Waals surface area contributed by atoms with Gasteiger partial charge in [-0.2, -0.15) is 0 Å². The highest BCUT2D eigenvalue weighted by molar-refractivity contribution is 7.14. The average Bonchev–Trinajstić information content (AvgIpc) is 3.06. The number of benzene rings is 1. The van der Waals surface area contributed by atoms with Gasteiger partial charge in [-0.05, 0) is 49.1 Å². The van der Waals surface area contributed by atoms with Gasteiger partial charge < -0.3 is 10.4 Å². The van der Waals surface area contributed by atoms with Gasteiger partial charge in [-0.3, -0.25) is 4.79 Å². The Labute approximate surface area is 127 Å². The summed E-state index contributed by atoms with van der Waals surface area (Å²) < 4.78 is 0. The van der Waals surface area contributed by atoms with Gasteiger partial charge in [-0.25, -0.2) is 0 Å². The Morgan fingerprint density at radius 1 is 1.33 bits per heavy atom. The van der Waals surface area contributed by atoms with Gasteiger partial charge in [0.1, 0.15) is 6.61 Å². The van der Waals surface area contributed by atoms with Crippen molar-refractivity contribution in [2.75, 3.05) is 11.9 Å². The number of aryl methyl sites for hydroxylation is 2. The molecule has 0 atom stereocenters. The molecule has 3 rings (SSSR count). The fourth-order valence-electron chi connectivity index (χ4n) is 2.45. The predicted octanol–water partition coefficient (Wildman–Crippen LogP) is 2.83. The molecule has 0 saturated carbocycles. The second-order valence-electron chi connectivity index (χ2n) is 4.91. The van der Waals surface area contributed by atoms with Gasteiger partial charge in [0, 0.05) is 16.1 Å². The first-order chi connectivity index (χ1) is 10.3. The Balaban J connectivity index is 1.74. The first kappa shape index (κ1) is 13.9. The number of fused-ring (bicyclic) bond motifs is 1. The minimum atomic E-state index is -0.169. The van der Waals surface area contributed by atoms with E-state index in [-0.39, 0.29) is 12.5 Å². The Kier molecular flexibility index (Phi) is 4.05. The summed E-state index contributed by atoms with van der Waals surface area (Å²) >= 11 is 1.59. The zero-order valence-electron chi connectivity index (χ0n) is 11.5. The first-order valence-corrected chi connectivity index (χ1v) is 7.70. The number of carbonyl (C=O) groups is 1. The fourth-order valence-corrected chi connectivity index (χ4v) is 3.60. The van der Waals surface area contributed by atoms with E-state index in [2.05, 4.69) is 17.2 Å². The monoisotopic (exact) mass is 297 g/mol. The maximum absolute atomic E-state index is 12.3. The van der Waals surface area contributed by atoms with Crippen LogP contribution in [-0.4, -0.2) is 17.6 Å². The van der Waals surface area contributed by atoms with Gasteiger partial charge in [-0.15, -0.1) is 11.3 Å². The summed E-state index contributed by atoms with van der Waals surface area (Å²) in [6.07, 6.45) is 3.39. The van der Waals surface area contributed by atoms with Crippen LogP contribution in [0.2, 0.25) is 0 Å². The van der Waals surface area contributed by atoms with E-state index in [9.17, 15) is 4.79 Å². The average molecular weight is 297 g/mol. The van der Waals surface area contributed by atoms with E-state index in [0.29, 0.717) is 0 Å². The third-order valence-corrected chi connectivity index (χ3v) is 4.64. The molecule has 3 nitrogen and oxygen atoms in total. The van der Waals surface area contributed by atoms with Crippen molar-refractivity contribution in [1.29, 1.82) is 0 Å². The molecule has 0 aliphatic heterocycles. The summed E-state index contributed by atoms with van der Waals surface area (Å²) in [4.78, 5) is 14.4. The lowest BCUT2D eigenvalue weighted by Gasteiger charge is -2.04. The quantitative estimate of drug-likeness (QED) is 0.837. The Bertz CT molecular complexity index is 715. The van der Waals surface area contributed by atoms with Gasteiger partial charge in [0.2, 0.25) is 0 Å². The molecule has 106 valence electrons. The number of carbonyl (C=O) groups excluding carboxylic acids is 1. The highest BCUT2D eigenvalue weighted by Gasteiger charge is 2.18. The third kappa shape index (κ3) is 3.15. The second kappa shape index (κ2) is 6.13. The van der Waals surface area contributed by atoms with Gasteiger partial charge in [0.25, 0.3) is 5.91 Å². The zero-order valence-corrected chi connectivity index (χ0v) is 12.3. The maximum Gasteiger partial charge on any atom is 0.265 e. The summed E-state index contributed by atoms with van der Waals surface area (Å²) in [7, 11) is 0. The van der Waals surface area contributed by atoms with Crippen molar-refractivity contribution in [3.05, 3.63) is 51.2 Å². The SMILES string of the molecule is O=C(Nc1cccc(C#CCO)c1)c1cc2c(s1)CCC2. The van der Waals surface area contributed by atoms with Crippen LogP contribution in [0.1, 0.15) is 32.1 Å². The minimum Gasteiger partial charge on any atom is -0.384 e. The summed E-state index contributed by atoms with van der Waals surface area (Å²) in [6.45, 7) is -0.169. The van der Waals surface area contributed by atoms with E-state index >= 15 is 0 Å². The molecule has 2 N–H and O–H groups in total. The number of aliphatic hydroxyl groups excluding tert-OH is 1. The van der Waals surface area contributed by atoms with Crippen LogP contribution in [0.3, 0.4) is 0 Å². The molecule has 1 aliphatic rings. The number of anilines is 1. The molecule has 0 radical (unpaired) electrons. The van der Waals surface area contributed by atoms with E-state index in [4.69, 9.17) is 5.11 Å². The lowest BCUT2D eigenvalue weighted by Crippen LogP contribution is -2.10. The molecule has 1 aliphatic carbocycles. The van der Waals surface area contributed by atoms with Crippen LogP contribution < -0.4 is 5.32 Å². The van der Waals surface area contributed by atoms with E-state index < -0.39 is 0 Å². The van der Waals surface area contributed by atoms with Crippen LogP contribution >= 0.6 is 11.3 Å². The minimum absolute atomic E-state index is 0.0679. The number of nitrogens with one attached hydrogen (secondary N) is 1. The molecule has 0 spiro atoms. The predicted molar refractivity (Wildman–Crippen MR) is 84.7 cm³/mol. The molecule has 0 unspecified atom stereocenters. The highest BCUT2D eigenvalue weighted by atomic mass is 32.1. The van der Waals surface area contributed by atoms with E-state index in [1.165, 1.54) is 16.9 Å². The van der Waals surface area contributed by atoms with Crippen LogP contribution in [0, 0.1) is 11.8 Å². The Hall–Kier alpha value is -2.09. The number of hydrogen-bond donors (Lipinski definition) is 2. The topological polar surface area (TPSA) is 49.3 Å². The molecular weight excluding hydrogens is 282 g/mol. The molecule has 4 heteroatoms. The van der Waals surface area contributed by atoms with Gasteiger partial charge in [0.15, 0.2) is 0 Å². The van der Waals surface area contributed by atoms with Crippen LogP contribution in [0.4, 0.5) is 5.69 Å². The van der Waals surface area contributed by atoms with Crippen molar-refractivity contribution in [2.24, 2.45) is 0 Å². The van der Waals surface area contributed by atoms with Crippen molar-refractivity contribution >= 4 is 22.9 Å². The van der Waals surface area contributed by atoms with E-state index in [1.807, 2.05) is 30.3 Å². The Morgan fingerprint density at radius 2 is 2.24 bits per heavy atom. The molecule has 1 aromatic carbocycles. The van der Waals surface area contributed by atoms with Crippen LogP contribution in [0.15, 0.2) is 30.3 Å². The third-order valence-electron chi connectivity index (χ3n) is 3.40. The largest absolute Gasteiger partial charge is 0.384 e. The van der Waals surface area contributed by atoms with E-state index in [0.717, 1.165) is 29.0 Å². The number of hydrogen-bond acceptors (Lipinski definition) is 3. The normalized spacial score (nSPS) is 12.4. The van der Waals surface area contributed by atoms with Crippen molar-refractivity contribution in [3.8, 4) is 11.8 Å². The number of aliphatic hydroxyl groups is 1. The zero-order chi connectivity index (χ0) is 14.7. The maximum atomic E-state index is 12.3. The van der Waals surface area contributed by atoms with Crippen LogP contribution in [-0.2, 0) is 12.8 Å². The molecule has 1 heterocycles. The highest BCUT2D eigenvalue weighted by Crippen LogP contribution is 2.31. The van der Waals surface area contributed by atoms with Crippen molar-refractivity contribution < 1.29 is 9.90 Å². The molecule has 0 fully saturated rings. The first-order valence-electron chi connectivity index (χ1n) is 6.89. The summed E-state index contributed by atoms with van der Waals surface area (Å²) in [6, 6.07) is 9.34. The van der Waals surface area contributed by atoms with Gasteiger partial charge >= 0.3 is 0 Å². The summed E-state index contributed by atoms with van der Waals surface area (Å²) in [5.74, 6) is 5.36. The number of amides is 1. The Morgan fingerprint density at radius 3 is 3.05 bits per heavy atom. The van der Waals surface area contributed by atoms with E-state index in [1.54, 1.807) is 11.3 Å². The number of rotatable bonds is 2. The van der Waals surface area contributed by atoms with Crippen LogP contribution in [0.5, 0.6) is 0 Å². The van der Waals surface area contributed by atoms with Gasteiger partial charge in [-0.1, -0.05) is 17.9 Å². The summed E-state index contributed by atoms with van der Waals surface area (Å²) in [5, 5.41) is 11.6. The molecular formula is C17H15NO2S. The smallest absolute Gasteiger partial charge is 0.265 e. The fraction of sp³-hybridized carbons (Fsp3) is 0.235. The molecule has 1 amide bonds.